The van der Waals surface area contributed by atoms with Gasteiger partial charge in [-0.05, 0) is 57.2 Å². The Balaban J connectivity index is 1.58. The Bertz CT molecular complexity index is 850. The summed E-state index contributed by atoms with van der Waals surface area (Å²) in [6.07, 6.45) is 0.345. The van der Waals surface area contributed by atoms with Crippen molar-refractivity contribution in [2.45, 2.75) is 33.3 Å². The number of ether oxygens (including phenoxy) is 1. The number of aryl methyl sites for hydroxylation is 1. The number of amides is 1. The van der Waals surface area contributed by atoms with Crippen molar-refractivity contribution in [1.29, 1.82) is 0 Å². The van der Waals surface area contributed by atoms with Gasteiger partial charge in [-0.1, -0.05) is 0 Å². The first-order chi connectivity index (χ1) is 12.0. The van der Waals surface area contributed by atoms with E-state index in [2.05, 4.69) is 10.3 Å². The van der Waals surface area contributed by atoms with Crippen LogP contribution in [0.4, 0.5) is 5.69 Å². The first-order valence-electron chi connectivity index (χ1n) is 8.07. The number of carbonyl (C=O) groups is 1. The van der Waals surface area contributed by atoms with Gasteiger partial charge in [0.2, 0.25) is 5.91 Å². The van der Waals surface area contributed by atoms with E-state index in [1.807, 2.05) is 62.5 Å². The molecule has 3 aromatic rings. The second-order valence-electron chi connectivity index (χ2n) is 5.97. The quantitative estimate of drug-likeness (QED) is 0.696. The van der Waals surface area contributed by atoms with Gasteiger partial charge in [-0.15, -0.1) is 11.3 Å². The molecule has 5 nitrogen and oxygen atoms in total. The van der Waals surface area contributed by atoms with Crippen LogP contribution in [0, 0.1) is 6.92 Å². The maximum atomic E-state index is 12.2. The lowest BCUT2D eigenvalue weighted by molar-refractivity contribution is -0.115. The molecule has 0 atom stereocenters. The Morgan fingerprint density at radius 2 is 2.00 bits per heavy atom. The molecule has 1 N–H and O–H groups in total. The smallest absolute Gasteiger partial charge is 0.230 e. The van der Waals surface area contributed by atoms with Crippen LogP contribution in [-0.4, -0.2) is 17.0 Å². The van der Waals surface area contributed by atoms with Gasteiger partial charge in [0, 0.05) is 11.1 Å². The van der Waals surface area contributed by atoms with Gasteiger partial charge in [-0.3, -0.25) is 4.79 Å². The molecule has 0 bridgehead atoms. The lowest BCUT2D eigenvalue weighted by atomic mass is 10.2. The standard InChI is InChI=1S/C19H20N2O3S/c1-12(2)23-16-7-5-14(6-8-16)20-18(22)10-15-11-25-19(21-15)17-9-4-13(3)24-17/h4-9,11-12H,10H2,1-3H3,(H,20,22). The number of thiazole rings is 1. The van der Waals surface area contributed by atoms with Gasteiger partial charge in [0.15, 0.2) is 10.8 Å². The van der Waals surface area contributed by atoms with E-state index in [1.165, 1.54) is 11.3 Å². The third kappa shape index (κ3) is 4.70. The van der Waals surface area contributed by atoms with Gasteiger partial charge in [0.25, 0.3) is 0 Å². The Morgan fingerprint density at radius 1 is 1.24 bits per heavy atom. The molecule has 0 saturated carbocycles. The summed E-state index contributed by atoms with van der Waals surface area (Å²) in [6, 6.07) is 11.1. The molecule has 1 aromatic carbocycles. The maximum Gasteiger partial charge on any atom is 0.230 e. The van der Waals surface area contributed by atoms with E-state index in [9.17, 15) is 4.79 Å². The van der Waals surface area contributed by atoms with Gasteiger partial charge in [-0.25, -0.2) is 4.98 Å². The number of hydrogen-bond acceptors (Lipinski definition) is 5. The number of furan rings is 1. The Labute approximate surface area is 150 Å². The molecule has 25 heavy (non-hydrogen) atoms. The highest BCUT2D eigenvalue weighted by molar-refractivity contribution is 7.13. The zero-order valence-corrected chi connectivity index (χ0v) is 15.2. The molecular formula is C19H20N2O3S. The van der Waals surface area contributed by atoms with Crippen LogP contribution in [0.15, 0.2) is 46.2 Å². The number of rotatable bonds is 6. The molecule has 130 valence electrons. The fourth-order valence-corrected chi connectivity index (χ4v) is 3.09. The van der Waals surface area contributed by atoms with Crippen molar-refractivity contribution in [2.24, 2.45) is 0 Å². The van der Waals surface area contributed by atoms with Gasteiger partial charge < -0.3 is 14.5 Å². The van der Waals surface area contributed by atoms with E-state index in [0.29, 0.717) is 0 Å². The third-order valence-electron chi connectivity index (χ3n) is 3.35. The summed E-state index contributed by atoms with van der Waals surface area (Å²) in [5.41, 5.74) is 1.46. The molecule has 1 amide bonds. The van der Waals surface area contributed by atoms with E-state index < -0.39 is 0 Å². The molecule has 3 rings (SSSR count). The first-order valence-corrected chi connectivity index (χ1v) is 8.95. The predicted octanol–water partition coefficient (Wildman–Crippen LogP) is 4.68. The number of nitrogens with zero attached hydrogens (tertiary/aromatic N) is 1. The van der Waals surface area contributed by atoms with Gasteiger partial charge in [-0.2, -0.15) is 0 Å². The van der Waals surface area contributed by atoms with E-state index in [0.717, 1.165) is 33.7 Å². The van der Waals surface area contributed by atoms with Crippen molar-refractivity contribution < 1.29 is 13.9 Å². The van der Waals surface area contributed by atoms with Crippen molar-refractivity contribution in [3.8, 4) is 16.5 Å². The van der Waals surface area contributed by atoms with Crippen molar-refractivity contribution in [2.75, 3.05) is 5.32 Å². The summed E-state index contributed by atoms with van der Waals surface area (Å²) in [6.45, 7) is 5.84. The van der Waals surface area contributed by atoms with Crippen molar-refractivity contribution >= 4 is 22.9 Å². The average molecular weight is 356 g/mol. The van der Waals surface area contributed by atoms with Crippen LogP contribution in [0.3, 0.4) is 0 Å². The molecule has 0 aliphatic carbocycles. The normalized spacial score (nSPS) is 10.9. The third-order valence-corrected chi connectivity index (χ3v) is 4.26. The van der Waals surface area contributed by atoms with E-state index in [4.69, 9.17) is 9.15 Å². The number of aromatic nitrogens is 1. The van der Waals surface area contributed by atoms with Gasteiger partial charge in [0.1, 0.15) is 11.5 Å². The molecule has 0 aliphatic rings. The van der Waals surface area contributed by atoms with Crippen molar-refractivity contribution in [3.05, 3.63) is 53.2 Å². The number of benzene rings is 1. The zero-order chi connectivity index (χ0) is 17.8. The number of hydrogen-bond donors (Lipinski definition) is 1. The topological polar surface area (TPSA) is 64.4 Å². The minimum Gasteiger partial charge on any atom is -0.491 e. The SMILES string of the molecule is Cc1ccc(-c2nc(CC(=O)Nc3ccc(OC(C)C)cc3)cs2)o1. The molecule has 0 fully saturated rings. The Kier molecular flexibility index (Phi) is 5.19. The summed E-state index contributed by atoms with van der Waals surface area (Å²) in [4.78, 5) is 16.7. The minimum absolute atomic E-state index is 0.106. The Hall–Kier alpha value is -2.60. The second-order valence-corrected chi connectivity index (χ2v) is 6.83. The van der Waals surface area contributed by atoms with Crippen LogP contribution in [0.5, 0.6) is 5.75 Å². The maximum absolute atomic E-state index is 12.2. The molecule has 0 radical (unpaired) electrons. The molecule has 0 spiro atoms. The average Bonchev–Trinajstić information content (AvgIpc) is 3.17. The van der Waals surface area contributed by atoms with Crippen molar-refractivity contribution in [1.82, 2.24) is 4.98 Å². The summed E-state index contributed by atoms with van der Waals surface area (Å²) in [5.74, 6) is 2.25. The number of nitrogens with one attached hydrogen (secondary N) is 1. The first kappa shape index (κ1) is 17.2. The summed E-state index contributed by atoms with van der Waals surface area (Å²) in [5, 5.41) is 5.54. The largest absolute Gasteiger partial charge is 0.491 e. The van der Waals surface area contributed by atoms with Crippen LogP contribution < -0.4 is 10.1 Å². The molecule has 6 heteroatoms. The highest BCUT2D eigenvalue weighted by Crippen LogP contribution is 2.26. The molecule has 2 aromatic heterocycles. The van der Waals surface area contributed by atoms with E-state index in [1.54, 1.807) is 0 Å². The highest BCUT2D eigenvalue weighted by atomic mass is 32.1. The van der Waals surface area contributed by atoms with E-state index in [-0.39, 0.29) is 18.4 Å². The van der Waals surface area contributed by atoms with Crippen LogP contribution in [0.25, 0.3) is 10.8 Å². The lowest BCUT2D eigenvalue weighted by Gasteiger charge is -2.10. The molecule has 0 unspecified atom stereocenters. The lowest BCUT2D eigenvalue weighted by Crippen LogP contribution is -2.14. The number of carbonyl (C=O) groups excluding carboxylic acids is 1. The Morgan fingerprint density at radius 3 is 2.64 bits per heavy atom. The summed E-state index contributed by atoms with van der Waals surface area (Å²) < 4.78 is 11.1. The minimum atomic E-state index is -0.106. The van der Waals surface area contributed by atoms with E-state index >= 15 is 0 Å². The summed E-state index contributed by atoms with van der Waals surface area (Å²) >= 11 is 1.47. The molecule has 0 saturated heterocycles. The van der Waals surface area contributed by atoms with Crippen LogP contribution in [-0.2, 0) is 11.2 Å². The molecule has 2 heterocycles. The monoisotopic (exact) mass is 356 g/mol. The second kappa shape index (κ2) is 7.53. The molecule has 0 aliphatic heterocycles. The van der Waals surface area contributed by atoms with Crippen LogP contribution in [0.1, 0.15) is 25.3 Å². The molecular weight excluding hydrogens is 336 g/mol. The van der Waals surface area contributed by atoms with Crippen LogP contribution >= 0.6 is 11.3 Å². The van der Waals surface area contributed by atoms with Crippen molar-refractivity contribution in [3.63, 3.8) is 0 Å². The van der Waals surface area contributed by atoms with Crippen LogP contribution in [0.2, 0.25) is 0 Å². The highest BCUT2D eigenvalue weighted by Gasteiger charge is 2.11. The number of anilines is 1. The van der Waals surface area contributed by atoms with Gasteiger partial charge >= 0.3 is 0 Å². The summed E-state index contributed by atoms with van der Waals surface area (Å²) in [7, 11) is 0. The fourth-order valence-electron chi connectivity index (χ4n) is 2.31. The zero-order valence-electron chi connectivity index (χ0n) is 14.4. The fraction of sp³-hybridized carbons (Fsp3) is 0.263. The predicted molar refractivity (Wildman–Crippen MR) is 99.1 cm³/mol. The van der Waals surface area contributed by atoms with Gasteiger partial charge in [0.05, 0.1) is 18.2 Å².